The monoisotopic (exact) mass is 1000 g/mol. The van der Waals surface area contributed by atoms with Crippen molar-refractivity contribution in [3.05, 3.63) is 0 Å². The minimum Gasteiger partial charge on any atom is -0.394 e. The molecule has 0 aromatic carbocycles. The van der Waals surface area contributed by atoms with E-state index >= 15 is 0 Å². The van der Waals surface area contributed by atoms with E-state index in [9.17, 15) is 20.1 Å². The van der Waals surface area contributed by atoms with Crippen LogP contribution in [0.3, 0.4) is 0 Å². The highest BCUT2D eigenvalue weighted by molar-refractivity contribution is 5.76. The topological polar surface area (TPSA) is 89.8 Å². The molecule has 0 bridgehead atoms. The second-order valence-corrected chi connectivity index (χ2v) is 23.5. The first-order valence-corrected chi connectivity index (χ1v) is 33.3. The molecule has 426 valence electrons. The summed E-state index contributed by atoms with van der Waals surface area (Å²) in [5.74, 6) is -0.272. The summed E-state index contributed by atoms with van der Waals surface area (Å²) in [4.78, 5) is 12.6. The molecule has 0 aliphatic heterocycles. The highest BCUT2D eigenvalue weighted by Crippen LogP contribution is 2.20. The predicted octanol–water partition coefficient (Wildman–Crippen LogP) is 21.2. The zero-order valence-corrected chi connectivity index (χ0v) is 48.9. The standard InChI is InChI=1S/C66H133NO4/c1-3-5-7-9-11-13-15-17-19-21-23-25-26-27-28-29-30-31-32-33-34-35-36-37-38-40-41-43-45-47-49-51-53-55-57-59-63(69)61-66(71)67-64(62-68)65(70)60-58-56-54-52-50-48-46-44-42-39-24-22-20-18-16-14-12-10-8-6-4-2/h63-65,68-70H,3-62H2,1-2H3,(H,67,71). The van der Waals surface area contributed by atoms with E-state index in [4.69, 9.17) is 0 Å². The van der Waals surface area contributed by atoms with Crippen LogP contribution in [0.5, 0.6) is 0 Å². The molecule has 0 aromatic heterocycles. The average Bonchev–Trinajstić information content (AvgIpc) is 3.37. The summed E-state index contributed by atoms with van der Waals surface area (Å²) in [7, 11) is 0. The Bertz CT molecular complexity index is 975. The van der Waals surface area contributed by atoms with E-state index in [1.807, 2.05) is 0 Å². The van der Waals surface area contributed by atoms with Crippen LogP contribution in [0.25, 0.3) is 0 Å². The molecular formula is C66H133NO4. The normalized spacial score (nSPS) is 13.0. The number of carbonyl (C=O) groups is 1. The van der Waals surface area contributed by atoms with Gasteiger partial charge in [-0.3, -0.25) is 4.79 Å². The van der Waals surface area contributed by atoms with Gasteiger partial charge in [0.2, 0.25) is 5.91 Å². The fourth-order valence-corrected chi connectivity index (χ4v) is 11.1. The molecule has 0 saturated heterocycles. The lowest BCUT2D eigenvalue weighted by atomic mass is 10.0. The maximum atomic E-state index is 12.6. The molecule has 1 amide bonds. The lowest BCUT2D eigenvalue weighted by molar-refractivity contribution is -0.125. The number of aliphatic hydroxyl groups excluding tert-OH is 3. The predicted molar refractivity (Wildman–Crippen MR) is 315 cm³/mol. The molecule has 5 heteroatoms. The summed E-state index contributed by atoms with van der Waals surface area (Å²) in [6, 6.07) is -0.655. The minimum absolute atomic E-state index is 0.0439. The van der Waals surface area contributed by atoms with Gasteiger partial charge in [-0.1, -0.05) is 373 Å². The third-order valence-corrected chi connectivity index (χ3v) is 16.2. The van der Waals surface area contributed by atoms with Crippen LogP contribution in [0.1, 0.15) is 393 Å². The van der Waals surface area contributed by atoms with Gasteiger partial charge in [0.15, 0.2) is 0 Å². The number of aliphatic hydroxyl groups is 3. The molecule has 0 aliphatic carbocycles. The lowest BCUT2D eigenvalue weighted by Gasteiger charge is -2.23. The molecular weight excluding hydrogens is 871 g/mol. The molecule has 0 aliphatic rings. The van der Waals surface area contributed by atoms with Gasteiger partial charge in [0.05, 0.1) is 31.3 Å². The van der Waals surface area contributed by atoms with Crippen LogP contribution in [0.15, 0.2) is 0 Å². The van der Waals surface area contributed by atoms with Gasteiger partial charge in [0.25, 0.3) is 0 Å². The number of carbonyl (C=O) groups excluding carboxylic acids is 1. The lowest BCUT2D eigenvalue weighted by Crippen LogP contribution is -2.46. The van der Waals surface area contributed by atoms with Crippen molar-refractivity contribution in [1.82, 2.24) is 5.32 Å². The first-order chi connectivity index (χ1) is 35.0. The first-order valence-electron chi connectivity index (χ1n) is 33.3. The van der Waals surface area contributed by atoms with E-state index in [0.29, 0.717) is 12.8 Å². The number of hydrogen-bond acceptors (Lipinski definition) is 4. The second-order valence-electron chi connectivity index (χ2n) is 23.5. The van der Waals surface area contributed by atoms with Crippen molar-refractivity contribution in [2.24, 2.45) is 0 Å². The first kappa shape index (κ1) is 70.3. The smallest absolute Gasteiger partial charge is 0.222 e. The van der Waals surface area contributed by atoms with E-state index in [0.717, 1.165) is 25.7 Å². The summed E-state index contributed by atoms with van der Waals surface area (Å²) in [5, 5.41) is 33.8. The molecule has 0 heterocycles. The van der Waals surface area contributed by atoms with Crippen molar-refractivity contribution in [2.45, 2.75) is 411 Å². The molecule has 0 spiro atoms. The van der Waals surface area contributed by atoms with Crippen LogP contribution >= 0.6 is 0 Å². The zero-order valence-electron chi connectivity index (χ0n) is 48.9. The number of nitrogens with one attached hydrogen (secondary N) is 1. The highest BCUT2D eigenvalue weighted by Gasteiger charge is 2.21. The minimum atomic E-state index is -0.746. The zero-order chi connectivity index (χ0) is 51.4. The Morgan fingerprint density at radius 3 is 0.676 bits per heavy atom. The summed E-state index contributed by atoms with van der Waals surface area (Å²) < 4.78 is 0. The van der Waals surface area contributed by atoms with Crippen LogP contribution < -0.4 is 5.32 Å². The molecule has 3 atom stereocenters. The number of hydrogen-bond donors (Lipinski definition) is 4. The third-order valence-electron chi connectivity index (χ3n) is 16.2. The molecule has 5 nitrogen and oxygen atoms in total. The quantitative estimate of drug-likeness (QED) is 0.0457. The van der Waals surface area contributed by atoms with Crippen molar-refractivity contribution in [3.63, 3.8) is 0 Å². The molecule has 71 heavy (non-hydrogen) atoms. The van der Waals surface area contributed by atoms with Crippen LogP contribution in [0, 0.1) is 0 Å². The molecule has 0 saturated carbocycles. The van der Waals surface area contributed by atoms with Gasteiger partial charge in [-0.15, -0.1) is 0 Å². The SMILES string of the molecule is CCCCCCCCCCCCCCCCCCCCCCCCCCCCCCCCCCCCCC(O)CC(=O)NC(CO)C(O)CCCCCCCCCCCCCCCCCCCCCCC. The van der Waals surface area contributed by atoms with Gasteiger partial charge in [-0.25, -0.2) is 0 Å². The van der Waals surface area contributed by atoms with Gasteiger partial charge in [0.1, 0.15) is 0 Å². The van der Waals surface area contributed by atoms with Crippen LogP contribution in [-0.4, -0.2) is 46.1 Å². The Kier molecular flexibility index (Phi) is 61.3. The van der Waals surface area contributed by atoms with E-state index in [2.05, 4.69) is 19.2 Å². The molecule has 0 aromatic rings. The van der Waals surface area contributed by atoms with Crippen molar-refractivity contribution < 1.29 is 20.1 Å². The van der Waals surface area contributed by atoms with Gasteiger partial charge in [-0.2, -0.15) is 0 Å². The molecule has 0 fully saturated rings. The van der Waals surface area contributed by atoms with Gasteiger partial charge >= 0.3 is 0 Å². The Morgan fingerprint density at radius 1 is 0.296 bits per heavy atom. The molecule has 0 radical (unpaired) electrons. The van der Waals surface area contributed by atoms with Crippen LogP contribution in [-0.2, 0) is 4.79 Å². The number of rotatable bonds is 63. The van der Waals surface area contributed by atoms with E-state index in [-0.39, 0.29) is 18.9 Å². The van der Waals surface area contributed by atoms with Gasteiger partial charge in [0, 0.05) is 0 Å². The largest absolute Gasteiger partial charge is 0.394 e. The summed E-state index contributed by atoms with van der Waals surface area (Å²) >= 11 is 0. The molecule has 3 unspecified atom stereocenters. The summed E-state index contributed by atoms with van der Waals surface area (Å²) in [6.45, 7) is 4.32. The van der Waals surface area contributed by atoms with Crippen LogP contribution in [0.2, 0.25) is 0 Å². The third kappa shape index (κ3) is 58.5. The number of amides is 1. The van der Waals surface area contributed by atoms with E-state index in [1.165, 1.54) is 334 Å². The fraction of sp³-hybridized carbons (Fsp3) is 0.985. The Morgan fingerprint density at radius 2 is 0.479 bits per heavy atom. The average molecular weight is 1000 g/mol. The summed E-state index contributed by atoms with van der Waals surface area (Å²) in [5.41, 5.74) is 0. The Hall–Kier alpha value is -0.650. The van der Waals surface area contributed by atoms with Crippen molar-refractivity contribution in [3.8, 4) is 0 Å². The second kappa shape index (κ2) is 61.9. The van der Waals surface area contributed by atoms with E-state index in [1.54, 1.807) is 0 Å². The molecule has 0 rings (SSSR count). The van der Waals surface area contributed by atoms with Crippen LogP contribution in [0.4, 0.5) is 0 Å². The summed E-state index contributed by atoms with van der Waals surface area (Å²) in [6.07, 6.45) is 77.4. The van der Waals surface area contributed by atoms with Gasteiger partial charge in [-0.05, 0) is 12.8 Å². The Labute approximate surface area is 447 Å². The fourth-order valence-electron chi connectivity index (χ4n) is 11.1. The maximum Gasteiger partial charge on any atom is 0.222 e. The van der Waals surface area contributed by atoms with Crippen molar-refractivity contribution >= 4 is 5.91 Å². The highest BCUT2D eigenvalue weighted by atomic mass is 16.3. The van der Waals surface area contributed by atoms with Crippen molar-refractivity contribution in [2.75, 3.05) is 6.61 Å². The number of unbranched alkanes of at least 4 members (excludes halogenated alkanes) is 54. The Balaban J connectivity index is 3.41. The molecule has 4 N–H and O–H groups in total. The van der Waals surface area contributed by atoms with Gasteiger partial charge < -0.3 is 20.6 Å². The maximum absolute atomic E-state index is 12.6. The van der Waals surface area contributed by atoms with E-state index < -0.39 is 18.2 Å². The van der Waals surface area contributed by atoms with Crippen molar-refractivity contribution in [1.29, 1.82) is 0 Å².